The van der Waals surface area contributed by atoms with Crippen LogP contribution < -0.4 is 5.32 Å². The Morgan fingerprint density at radius 3 is 2.68 bits per heavy atom. The maximum atomic E-state index is 12.9. The fraction of sp³-hybridized carbons (Fsp3) is 0.286. The highest BCUT2D eigenvalue weighted by Gasteiger charge is 2.28. The van der Waals surface area contributed by atoms with Gasteiger partial charge in [-0.1, -0.05) is 12.1 Å². The number of nitrogens with zero attached hydrogens (tertiary/aromatic N) is 5. The van der Waals surface area contributed by atoms with E-state index >= 15 is 0 Å². The highest BCUT2D eigenvalue weighted by molar-refractivity contribution is 5.79. The van der Waals surface area contributed by atoms with Gasteiger partial charge in [0.15, 0.2) is 0 Å². The molecule has 1 amide bonds. The summed E-state index contributed by atoms with van der Waals surface area (Å²) in [6, 6.07) is 9.57. The molecule has 0 bridgehead atoms. The summed E-state index contributed by atoms with van der Waals surface area (Å²) in [4.78, 5) is 31.8. The predicted octanol–water partition coefficient (Wildman–Crippen LogP) is 3.31. The number of amides is 1. The van der Waals surface area contributed by atoms with Crippen LogP contribution in [0, 0.1) is 0 Å². The second-order valence-electron chi connectivity index (χ2n) is 6.81. The number of likely N-dealkylation sites (tertiary alicyclic amines) is 1. The van der Waals surface area contributed by atoms with Crippen molar-refractivity contribution in [3.63, 3.8) is 0 Å². The standard InChI is InChI=1S/C21H22N6O/c28-20(13-16-5-3-9-22-14-16)27-12-2-1-6-18(27)17-7-8-19(25-15-17)26-21-23-10-4-11-24-21/h3-5,7-11,14-15,18H,1-2,6,12-13H2,(H,23,24,25,26). The molecule has 0 spiro atoms. The zero-order chi connectivity index (χ0) is 19.2. The van der Waals surface area contributed by atoms with E-state index in [2.05, 4.69) is 25.3 Å². The normalized spacial score (nSPS) is 16.6. The first kappa shape index (κ1) is 18.0. The highest BCUT2D eigenvalue weighted by Crippen LogP contribution is 2.31. The fourth-order valence-corrected chi connectivity index (χ4v) is 3.51. The number of rotatable bonds is 5. The minimum Gasteiger partial charge on any atom is -0.335 e. The molecule has 1 saturated heterocycles. The van der Waals surface area contributed by atoms with E-state index in [0.29, 0.717) is 18.2 Å². The second kappa shape index (κ2) is 8.56. The molecule has 1 fully saturated rings. The Balaban J connectivity index is 1.47. The van der Waals surface area contributed by atoms with Crippen molar-refractivity contribution >= 4 is 17.7 Å². The number of hydrogen-bond acceptors (Lipinski definition) is 6. The van der Waals surface area contributed by atoms with Gasteiger partial charge >= 0.3 is 0 Å². The average Bonchev–Trinajstić information content (AvgIpc) is 2.76. The van der Waals surface area contributed by atoms with Crippen molar-refractivity contribution in [2.24, 2.45) is 0 Å². The third kappa shape index (κ3) is 4.31. The smallest absolute Gasteiger partial charge is 0.228 e. The molecule has 1 unspecified atom stereocenters. The number of anilines is 2. The summed E-state index contributed by atoms with van der Waals surface area (Å²) < 4.78 is 0. The van der Waals surface area contributed by atoms with E-state index in [1.165, 1.54) is 0 Å². The number of nitrogens with one attached hydrogen (secondary N) is 1. The molecule has 1 aliphatic rings. The third-order valence-corrected chi connectivity index (χ3v) is 4.88. The van der Waals surface area contributed by atoms with Crippen molar-refractivity contribution in [1.29, 1.82) is 0 Å². The number of piperidine rings is 1. The van der Waals surface area contributed by atoms with E-state index in [-0.39, 0.29) is 11.9 Å². The Morgan fingerprint density at radius 1 is 1.04 bits per heavy atom. The van der Waals surface area contributed by atoms with Gasteiger partial charge in [0.05, 0.1) is 12.5 Å². The van der Waals surface area contributed by atoms with Gasteiger partial charge in [-0.15, -0.1) is 0 Å². The van der Waals surface area contributed by atoms with Crippen molar-refractivity contribution in [2.45, 2.75) is 31.7 Å². The minimum absolute atomic E-state index is 0.0625. The topological polar surface area (TPSA) is 83.9 Å². The van der Waals surface area contributed by atoms with Crippen molar-refractivity contribution in [2.75, 3.05) is 11.9 Å². The van der Waals surface area contributed by atoms with Crippen LogP contribution in [0.5, 0.6) is 0 Å². The number of hydrogen-bond donors (Lipinski definition) is 1. The van der Waals surface area contributed by atoms with E-state index in [1.54, 1.807) is 30.9 Å². The van der Waals surface area contributed by atoms with Crippen molar-refractivity contribution in [3.8, 4) is 0 Å². The van der Waals surface area contributed by atoms with Crippen molar-refractivity contribution in [3.05, 3.63) is 72.4 Å². The number of pyridine rings is 2. The lowest BCUT2D eigenvalue weighted by molar-refractivity contribution is -0.134. The van der Waals surface area contributed by atoms with Crippen LogP contribution in [0.4, 0.5) is 11.8 Å². The molecule has 0 aromatic carbocycles. The quantitative estimate of drug-likeness (QED) is 0.738. The summed E-state index contributed by atoms with van der Waals surface area (Å²) in [7, 11) is 0. The van der Waals surface area contributed by atoms with Crippen LogP contribution in [-0.4, -0.2) is 37.3 Å². The van der Waals surface area contributed by atoms with E-state index in [1.807, 2.05) is 35.4 Å². The van der Waals surface area contributed by atoms with Crippen molar-refractivity contribution < 1.29 is 4.79 Å². The first-order chi connectivity index (χ1) is 13.8. The molecule has 0 saturated carbocycles. The van der Waals surface area contributed by atoms with Crippen LogP contribution >= 0.6 is 0 Å². The van der Waals surface area contributed by atoms with Gasteiger partial charge in [-0.05, 0) is 48.6 Å². The van der Waals surface area contributed by atoms with Crippen LogP contribution in [0.1, 0.15) is 36.4 Å². The Morgan fingerprint density at radius 2 is 1.93 bits per heavy atom. The van der Waals surface area contributed by atoms with Crippen LogP contribution in [0.15, 0.2) is 61.3 Å². The van der Waals surface area contributed by atoms with Gasteiger partial charge in [0.2, 0.25) is 11.9 Å². The number of aromatic nitrogens is 4. The third-order valence-electron chi connectivity index (χ3n) is 4.88. The molecule has 7 nitrogen and oxygen atoms in total. The van der Waals surface area contributed by atoms with Gasteiger partial charge < -0.3 is 10.2 Å². The monoisotopic (exact) mass is 374 g/mol. The first-order valence-electron chi connectivity index (χ1n) is 9.48. The summed E-state index contributed by atoms with van der Waals surface area (Å²) in [5.74, 6) is 1.32. The lowest BCUT2D eigenvalue weighted by Crippen LogP contribution is -2.39. The summed E-state index contributed by atoms with van der Waals surface area (Å²) >= 11 is 0. The highest BCUT2D eigenvalue weighted by atomic mass is 16.2. The van der Waals surface area contributed by atoms with E-state index < -0.39 is 0 Å². The SMILES string of the molecule is O=C(Cc1cccnc1)N1CCCCC1c1ccc(Nc2ncccn2)nc1. The summed E-state index contributed by atoms with van der Waals surface area (Å²) in [6.45, 7) is 0.779. The van der Waals surface area contributed by atoms with E-state index in [4.69, 9.17) is 0 Å². The van der Waals surface area contributed by atoms with Gasteiger partial charge in [0.1, 0.15) is 5.82 Å². The Bertz CT molecular complexity index is 901. The zero-order valence-corrected chi connectivity index (χ0v) is 15.5. The average molecular weight is 374 g/mol. The largest absolute Gasteiger partial charge is 0.335 e. The lowest BCUT2D eigenvalue weighted by Gasteiger charge is -2.36. The van der Waals surface area contributed by atoms with E-state index in [9.17, 15) is 4.79 Å². The second-order valence-corrected chi connectivity index (χ2v) is 6.81. The molecule has 0 aliphatic carbocycles. The number of carbonyl (C=O) groups excluding carboxylic acids is 1. The molecule has 0 radical (unpaired) electrons. The van der Waals surface area contributed by atoms with Gasteiger partial charge in [-0.25, -0.2) is 15.0 Å². The Hall–Kier alpha value is -3.35. The fourth-order valence-electron chi connectivity index (χ4n) is 3.51. The molecule has 1 N–H and O–H groups in total. The summed E-state index contributed by atoms with van der Waals surface area (Å²) in [5.41, 5.74) is 2.00. The van der Waals surface area contributed by atoms with Crippen LogP contribution in [-0.2, 0) is 11.2 Å². The summed E-state index contributed by atoms with van der Waals surface area (Å²) in [5, 5.41) is 3.08. The zero-order valence-electron chi connectivity index (χ0n) is 15.5. The molecular formula is C21H22N6O. The molecule has 7 heteroatoms. The summed E-state index contributed by atoms with van der Waals surface area (Å²) in [6.07, 6.45) is 12.1. The molecule has 4 heterocycles. The maximum absolute atomic E-state index is 12.9. The van der Waals surface area contributed by atoms with Gasteiger partial charge in [-0.3, -0.25) is 9.78 Å². The van der Waals surface area contributed by atoms with Gasteiger partial charge in [-0.2, -0.15) is 0 Å². The van der Waals surface area contributed by atoms with Crippen LogP contribution in [0.25, 0.3) is 0 Å². The lowest BCUT2D eigenvalue weighted by atomic mass is 9.95. The van der Waals surface area contributed by atoms with Crippen LogP contribution in [0.3, 0.4) is 0 Å². The van der Waals surface area contributed by atoms with Crippen molar-refractivity contribution in [1.82, 2.24) is 24.8 Å². The van der Waals surface area contributed by atoms with Gasteiger partial charge in [0, 0.05) is 37.5 Å². The van der Waals surface area contributed by atoms with Crippen LogP contribution in [0.2, 0.25) is 0 Å². The molecule has 1 aliphatic heterocycles. The van der Waals surface area contributed by atoms with E-state index in [0.717, 1.165) is 36.9 Å². The van der Waals surface area contributed by atoms with Gasteiger partial charge in [0.25, 0.3) is 0 Å². The maximum Gasteiger partial charge on any atom is 0.228 e. The molecule has 3 aromatic heterocycles. The molecular weight excluding hydrogens is 352 g/mol. The predicted molar refractivity (Wildman–Crippen MR) is 106 cm³/mol. The molecule has 3 aromatic rings. The molecule has 1 atom stereocenters. The Labute approximate surface area is 163 Å². The number of carbonyl (C=O) groups is 1. The minimum atomic E-state index is 0.0625. The Kier molecular flexibility index (Phi) is 5.51. The molecule has 28 heavy (non-hydrogen) atoms. The first-order valence-corrected chi connectivity index (χ1v) is 9.48. The molecule has 142 valence electrons. The molecule has 4 rings (SSSR count).